The van der Waals surface area contributed by atoms with Crippen LogP contribution in [-0.2, 0) is 14.3 Å². The molecule has 2 aliphatic rings. The van der Waals surface area contributed by atoms with Gasteiger partial charge < -0.3 is 20.1 Å². The van der Waals surface area contributed by atoms with E-state index in [1.807, 2.05) is 0 Å². The first kappa shape index (κ1) is 23.8. The maximum absolute atomic E-state index is 13.0. The van der Waals surface area contributed by atoms with E-state index in [1.165, 1.54) is 29.2 Å². The number of piperazine rings is 1. The van der Waals surface area contributed by atoms with Crippen molar-refractivity contribution in [1.82, 2.24) is 9.80 Å². The van der Waals surface area contributed by atoms with E-state index in [4.69, 9.17) is 0 Å². The van der Waals surface area contributed by atoms with Gasteiger partial charge in [-0.2, -0.15) is 13.2 Å². The highest BCUT2D eigenvalue weighted by Gasteiger charge is 2.48. The van der Waals surface area contributed by atoms with Gasteiger partial charge in [-0.1, -0.05) is 0 Å². The van der Waals surface area contributed by atoms with Gasteiger partial charge in [0.2, 0.25) is 0 Å². The number of esters is 1. The molecule has 1 aliphatic heterocycles. The maximum atomic E-state index is 13.0. The topological polar surface area (TPSA) is 99.2 Å². The minimum atomic E-state index is -5.17. The Balaban J connectivity index is 1.65. The lowest BCUT2D eigenvalue weighted by Gasteiger charge is -2.45. The number of benzene rings is 1. The van der Waals surface area contributed by atoms with E-state index in [1.54, 1.807) is 4.90 Å². The first-order valence-electron chi connectivity index (χ1n) is 10.1. The van der Waals surface area contributed by atoms with Gasteiger partial charge in [-0.15, -0.1) is 0 Å². The summed E-state index contributed by atoms with van der Waals surface area (Å²) < 4.78 is 55.8. The molecule has 3 rings (SSSR count). The molecule has 2 N–H and O–H groups in total. The van der Waals surface area contributed by atoms with Crippen molar-refractivity contribution in [2.45, 2.75) is 37.6 Å². The lowest BCUT2D eigenvalue weighted by atomic mass is 9.81. The fourth-order valence-electron chi connectivity index (χ4n) is 4.19. The number of hydrogen-bond acceptors (Lipinski definition) is 5. The molecule has 12 heteroatoms. The molecule has 2 fully saturated rings. The Morgan fingerprint density at radius 3 is 2.22 bits per heavy atom. The molecule has 1 saturated heterocycles. The Bertz CT molecular complexity index is 841. The van der Waals surface area contributed by atoms with Crippen LogP contribution in [0.3, 0.4) is 0 Å². The Hall–Kier alpha value is -2.89. The number of nitrogens with zero attached hydrogens (tertiary/aromatic N) is 2. The third-order valence-corrected chi connectivity index (χ3v) is 5.72. The average molecular weight is 461 g/mol. The van der Waals surface area contributed by atoms with Crippen LogP contribution in [0.1, 0.15) is 19.3 Å². The third kappa shape index (κ3) is 5.67. The summed E-state index contributed by atoms with van der Waals surface area (Å²) in [5.74, 6) is -4.94. The number of rotatable bonds is 4. The number of carbonyl (C=O) groups excluding carboxylic acids is 2. The molecule has 0 aromatic heterocycles. The second-order valence-electron chi connectivity index (χ2n) is 7.77. The molecule has 1 heterocycles. The van der Waals surface area contributed by atoms with Crippen molar-refractivity contribution in [1.29, 1.82) is 0 Å². The number of aliphatic carboxylic acids is 1. The number of halogens is 4. The molecule has 1 unspecified atom stereocenters. The van der Waals surface area contributed by atoms with Gasteiger partial charge in [0, 0.05) is 31.9 Å². The van der Waals surface area contributed by atoms with E-state index in [-0.39, 0.29) is 39.0 Å². The summed E-state index contributed by atoms with van der Waals surface area (Å²) in [6, 6.07) is 3.85. The number of anilines is 1. The van der Waals surface area contributed by atoms with Crippen molar-refractivity contribution in [3.63, 3.8) is 0 Å². The molecule has 8 nitrogen and oxygen atoms in total. The van der Waals surface area contributed by atoms with Gasteiger partial charge in [-0.05, 0) is 43.5 Å². The number of amides is 2. The van der Waals surface area contributed by atoms with Crippen LogP contribution in [0.2, 0.25) is 0 Å². The van der Waals surface area contributed by atoms with Crippen LogP contribution in [0.15, 0.2) is 24.3 Å². The van der Waals surface area contributed by atoms with E-state index in [0.29, 0.717) is 12.1 Å². The van der Waals surface area contributed by atoms with E-state index in [0.717, 1.165) is 0 Å². The Morgan fingerprint density at radius 1 is 1.03 bits per heavy atom. The number of nitrogens with one attached hydrogen (secondary N) is 1. The summed E-state index contributed by atoms with van der Waals surface area (Å²) >= 11 is 0. The molecule has 176 valence electrons. The standard InChI is InChI=1S/C20H23F4N3O5/c21-12-4-6-13(7-5-12)25-19(31)27-10-8-26(9-11-27)16-14(17(28)29)2-1-3-15(16)32-18(30)20(22,23)24/h4-7,14-16H,1-3,8-11H2,(H,25,31)(H,28,29)/t14-,15?,16+/m1/s1. The minimum Gasteiger partial charge on any atom is -0.481 e. The maximum Gasteiger partial charge on any atom is 0.490 e. The molecular formula is C20H23F4N3O5. The number of carbonyl (C=O) groups is 3. The zero-order valence-electron chi connectivity index (χ0n) is 17.0. The van der Waals surface area contributed by atoms with Gasteiger partial charge in [0.15, 0.2) is 0 Å². The van der Waals surface area contributed by atoms with E-state index in [2.05, 4.69) is 10.1 Å². The highest BCUT2D eigenvalue weighted by molar-refractivity contribution is 5.89. The van der Waals surface area contributed by atoms with Gasteiger partial charge in [0.1, 0.15) is 11.9 Å². The molecule has 1 aliphatic carbocycles. The second kappa shape index (κ2) is 9.72. The number of carboxylic acid groups (broad SMARTS) is 1. The first-order chi connectivity index (χ1) is 15.1. The van der Waals surface area contributed by atoms with Crippen molar-refractivity contribution in [3.8, 4) is 0 Å². The summed E-state index contributed by atoms with van der Waals surface area (Å²) in [5.41, 5.74) is 0.399. The summed E-state index contributed by atoms with van der Waals surface area (Å²) in [6.45, 7) is 0.780. The molecule has 2 amide bonds. The normalized spacial score (nSPS) is 24.6. The number of urea groups is 1. The van der Waals surface area contributed by atoms with Gasteiger partial charge in [0.25, 0.3) is 0 Å². The molecule has 0 spiro atoms. The highest BCUT2D eigenvalue weighted by atomic mass is 19.4. The molecule has 1 aromatic carbocycles. The molecule has 3 atom stereocenters. The predicted octanol–water partition coefficient (Wildman–Crippen LogP) is 2.70. The predicted molar refractivity (Wildman–Crippen MR) is 103 cm³/mol. The zero-order valence-corrected chi connectivity index (χ0v) is 17.0. The van der Waals surface area contributed by atoms with Crippen LogP contribution in [0.5, 0.6) is 0 Å². The van der Waals surface area contributed by atoms with Gasteiger partial charge in [0.05, 0.1) is 12.0 Å². The van der Waals surface area contributed by atoms with E-state index >= 15 is 0 Å². The van der Waals surface area contributed by atoms with Crippen molar-refractivity contribution in [2.75, 3.05) is 31.5 Å². The fraction of sp³-hybridized carbons (Fsp3) is 0.550. The second-order valence-corrected chi connectivity index (χ2v) is 7.77. The zero-order chi connectivity index (χ0) is 23.5. The quantitative estimate of drug-likeness (QED) is 0.529. The monoisotopic (exact) mass is 461 g/mol. The van der Waals surface area contributed by atoms with Gasteiger partial charge in [-0.25, -0.2) is 14.0 Å². The van der Waals surface area contributed by atoms with Crippen molar-refractivity contribution >= 4 is 23.7 Å². The Kier molecular flexibility index (Phi) is 7.22. The van der Waals surface area contributed by atoms with Crippen molar-refractivity contribution < 1.29 is 41.8 Å². The average Bonchev–Trinajstić information content (AvgIpc) is 2.74. The van der Waals surface area contributed by atoms with Crippen LogP contribution < -0.4 is 5.32 Å². The molecule has 32 heavy (non-hydrogen) atoms. The molecular weight excluding hydrogens is 438 g/mol. The van der Waals surface area contributed by atoms with Gasteiger partial charge >= 0.3 is 24.1 Å². The summed E-state index contributed by atoms with van der Waals surface area (Å²) in [6.07, 6.45) is -5.67. The molecule has 0 bridgehead atoms. The summed E-state index contributed by atoms with van der Waals surface area (Å²) in [5, 5.41) is 12.2. The van der Waals surface area contributed by atoms with E-state index < -0.39 is 48.0 Å². The minimum absolute atomic E-state index is 0.127. The Labute approximate surface area is 181 Å². The Morgan fingerprint density at radius 2 is 1.66 bits per heavy atom. The van der Waals surface area contributed by atoms with Gasteiger partial charge in [-0.3, -0.25) is 9.69 Å². The van der Waals surface area contributed by atoms with E-state index in [9.17, 15) is 37.1 Å². The van der Waals surface area contributed by atoms with Crippen LogP contribution >= 0.6 is 0 Å². The highest BCUT2D eigenvalue weighted by Crippen LogP contribution is 2.33. The number of hydrogen-bond donors (Lipinski definition) is 2. The van der Waals surface area contributed by atoms with Crippen molar-refractivity contribution in [2.24, 2.45) is 5.92 Å². The molecule has 1 aromatic rings. The van der Waals surface area contributed by atoms with Crippen LogP contribution in [0.4, 0.5) is 28.0 Å². The SMILES string of the molecule is O=C(O)[C@@H]1CCCC(OC(=O)C(F)(F)F)[C@H]1N1CCN(C(=O)Nc2ccc(F)cc2)CC1. The largest absolute Gasteiger partial charge is 0.490 e. The lowest BCUT2D eigenvalue weighted by Crippen LogP contribution is -2.60. The molecule has 0 radical (unpaired) electrons. The number of ether oxygens (including phenoxy) is 1. The summed E-state index contributed by atoms with van der Waals surface area (Å²) in [7, 11) is 0. The molecule has 1 saturated carbocycles. The van der Waals surface area contributed by atoms with Crippen LogP contribution in [-0.4, -0.2) is 77.4 Å². The third-order valence-electron chi connectivity index (χ3n) is 5.72. The fourth-order valence-corrected chi connectivity index (χ4v) is 4.19. The first-order valence-corrected chi connectivity index (χ1v) is 10.1. The number of carboxylic acids is 1. The summed E-state index contributed by atoms with van der Waals surface area (Å²) in [4.78, 5) is 38.7. The number of alkyl halides is 3. The van der Waals surface area contributed by atoms with Crippen LogP contribution in [0.25, 0.3) is 0 Å². The lowest BCUT2D eigenvalue weighted by molar-refractivity contribution is -0.211. The van der Waals surface area contributed by atoms with Crippen LogP contribution in [0, 0.1) is 11.7 Å². The smallest absolute Gasteiger partial charge is 0.481 e. The van der Waals surface area contributed by atoms with Crippen molar-refractivity contribution in [3.05, 3.63) is 30.1 Å².